The van der Waals surface area contributed by atoms with Crippen molar-refractivity contribution in [3.05, 3.63) is 33.8 Å². The summed E-state index contributed by atoms with van der Waals surface area (Å²) in [6.07, 6.45) is 0. The summed E-state index contributed by atoms with van der Waals surface area (Å²) in [5, 5.41) is 2.01. The van der Waals surface area contributed by atoms with Crippen molar-refractivity contribution >= 4 is 23.1 Å². The number of amides is 1. The Morgan fingerprint density at radius 3 is 2.52 bits per heavy atom. The van der Waals surface area contributed by atoms with Crippen molar-refractivity contribution in [1.82, 2.24) is 14.9 Å². The van der Waals surface area contributed by atoms with E-state index in [0.29, 0.717) is 24.8 Å². The van der Waals surface area contributed by atoms with Gasteiger partial charge in [0.2, 0.25) is 5.88 Å². The monoisotopic (exact) mass is 332 g/mol. The summed E-state index contributed by atoms with van der Waals surface area (Å²) in [4.78, 5) is 26.1. The molecule has 0 aromatic carbocycles. The van der Waals surface area contributed by atoms with Gasteiger partial charge < -0.3 is 14.5 Å². The van der Waals surface area contributed by atoms with Gasteiger partial charge in [-0.2, -0.15) is 4.98 Å². The highest BCUT2D eigenvalue weighted by molar-refractivity contribution is 7.12. The van der Waals surface area contributed by atoms with Gasteiger partial charge in [-0.1, -0.05) is 0 Å². The third kappa shape index (κ3) is 3.44. The van der Waals surface area contributed by atoms with Gasteiger partial charge in [-0.3, -0.25) is 4.79 Å². The van der Waals surface area contributed by atoms with Crippen LogP contribution in [-0.4, -0.2) is 54.1 Å². The first kappa shape index (κ1) is 15.7. The Bertz CT molecular complexity index is 708. The molecular formula is C16H20N4O2S. The molecule has 0 spiro atoms. The van der Waals surface area contributed by atoms with Crippen molar-refractivity contribution in [2.45, 2.75) is 13.8 Å². The second-order valence-electron chi connectivity index (χ2n) is 5.58. The molecular weight excluding hydrogens is 312 g/mol. The van der Waals surface area contributed by atoms with E-state index in [9.17, 15) is 4.79 Å². The third-order valence-corrected chi connectivity index (χ3v) is 4.88. The average Bonchev–Trinajstić information content (AvgIpc) is 3.00. The van der Waals surface area contributed by atoms with Crippen LogP contribution in [0.2, 0.25) is 0 Å². The third-order valence-electron chi connectivity index (χ3n) is 3.84. The van der Waals surface area contributed by atoms with Gasteiger partial charge >= 0.3 is 0 Å². The van der Waals surface area contributed by atoms with Crippen molar-refractivity contribution in [3.63, 3.8) is 0 Å². The van der Waals surface area contributed by atoms with Crippen LogP contribution in [0, 0.1) is 13.8 Å². The Morgan fingerprint density at radius 2 is 1.91 bits per heavy atom. The van der Waals surface area contributed by atoms with Crippen molar-refractivity contribution in [3.8, 4) is 5.88 Å². The number of carbonyl (C=O) groups excluding carboxylic acids is 1. The summed E-state index contributed by atoms with van der Waals surface area (Å²) in [7, 11) is 1.60. The Kier molecular flexibility index (Phi) is 4.47. The molecule has 23 heavy (non-hydrogen) atoms. The predicted molar refractivity (Wildman–Crippen MR) is 90.5 cm³/mol. The highest BCUT2D eigenvalue weighted by Crippen LogP contribution is 2.21. The molecule has 0 radical (unpaired) electrons. The standard InChI is InChI=1S/C16H20N4O2S/c1-11-8-13(23-10-11)16(21)20-6-4-19(5-7-20)14-9-15(22-3)18-12(2)17-14/h8-10H,4-7H2,1-3H3. The van der Waals surface area contributed by atoms with Crippen LogP contribution >= 0.6 is 11.3 Å². The van der Waals surface area contributed by atoms with Crippen LogP contribution in [0.3, 0.4) is 0 Å². The van der Waals surface area contributed by atoms with Crippen LogP contribution in [-0.2, 0) is 0 Å². The molecule has 0 N–H and O–H groups in total. The topological polar surface area (TPSA) is 58.6 Å². The largest absolute Gasteiger partial charge is 0.481 e. The van der Waals surface area contributed by atoms with Crippen molar-refractivity contribution in [2.24, 2.45) is 0 Å². The van der Waals surface area contributed by atoms with Crippen LogP contribution in [0.5, 0.6) is 5.88 Å². The fraction of sp³-hybridized carbons (Fsp3) is 0.438. The summed E-state index contributed by atoms with van der Waals surface area (Å²) in [5.74, 6) is 2.24. The lowest BCUT2D eigenvalue weighted by Crippen LogP contribution is -2.49. The van der Waals surface area contributed by atoms with Gasteiger partial charge in [0.1, 0.15) is 11.6 Å². The van der Waals surface area contributed by atoms with Gasteiger partial charge in [-0.05, 0) is 30.9 Å². The van der Waals surface area contributed by atoms with Crippen molar-refractivity contribution < 1.29 is 9.53 Å². The molecule has 0 aliphatic carbocycles. The Hall–Kier alpha value is -2.15. The molecule has 6 nitrogen and oxygen atoms in total. The zero-order chi connectivity index (χ0) is 16.4. The molecule has 2 aromatic heterocycles. The first-order valence-corrected chi connectivity index (χ1v) is 8.44. The van der Waals surface area contributed by atoms with E-state index in [1.54, 1.807) is 7.11 Å². The molecule has 122 valence electrons. The van der Waals surface area contributed by atoms with E-state index >= 15 is 0 Å². The predicted octanol–water partition coefficient (Wildman–Crippen LogP) is 2.13. The number of rotatable bonds is 3. The van der Waals surface area contributed by atoms with Gasteiger partial charge in [-0.25, -0.2) is 4.98 Å². The van der Waals surface area contributed by atoms with Crippen LogP contribution in [0.1, 0.15) is 21.1 Å². The zero-order valence-corrected chi connectivity index (χ0v) is 14.4. The van der Waals surface area contributed by atoms with Crippen LogP contribution < -0.4 is 9.64 Å². The second-order valence-corrected chi connectivity index (χ2v) is 6.49. The normalized spacial score (nSPS) is 14.9. The number of aryl methyl sites for hydroxylation is 2. The minimum Gasteiger partial charge on any atom is -0.481 e. The molecule has 3 rings (SSSR count). The molecule has 1 amide bonds. The number of carbonyl (C=O) groups is 1. The molecule has 0 unspecified atom stereocenters. The molecule has 0 saturated carbocycles. The van der Waals surface area contributed by atoms with Crippen LogP contribution in [0.15, 0.2) is 17.5 Å². The first-order chi connectivity index (χ1) is 11.1. The number of hydrogen-bond acceptors (Lipinski definition) is 6. The quantitative estimate of drug-likeness (QED) is 0.862. The van der Waals surface area contributed by atoms with E-state index in [1.165, 1.54) is 11.3 Å². The van der Waals surface area contributed by atoms with Gasteiger partial charge in [-0.15, -0.1) is 11.3 Å². The first-order valence-electron chi connectivity index (χ1n) is 7.56. The molecule has 1 aliphatic heterocycles. The molecule has 7 heteroatoms. The summed E-state index contributed by atoms with van der Waals surface area (Å²) < 4.78 is 5.21. The number of methoxy groups -OCH3 is 1. The minimum atomic E-state index is 0.124. The van der Waals surface area contributed by atoms with E-state index in [-0.39, 0.29) is 5.91 Å². The van der Waals surface area contributed by atoms with Crippen LogP contribution in [0.25, 0.3) is 0 Å². The number of aromatic nitrogens is 2. The van der Waals surface area contributed by atoms with E-state index < -0.39 is 0 Å². The second kappa shape index (κ2) is 6.54. The number of thiophene rings is 1. The van der Waals surface area contributed by atoms with Crippen molar-refractivity contribution in [1.29, 1.82) is 0 Å². The van der Waals surface area contributed by atoms with E-state index in [0.717, 1.165) is 29.3 Å². The van der Waals surface area contributed by atoms with Crippen molar-refractivity contribution in [2.75, 3.05) is 38.2 Å². The molecule has 3 heterocycles. The Balaban J connectivity index is 1.66. The maximum atomic E-state index is 12.5. The molecule has 0 atom stereocenters. The lowest BCUT2D eigenvalue weighted by atomic mass is 10.2. The molecule has 2 aromatic rings. The Labute approximate surface area is 139 Å². The maximum Gasteiger partial charge on any atom is 0.264 e. The molecule has 1 aliphatic rings. The number of hydrogen-bond donors (Lipinski definition) is 0. The lowest BCUT2D eigenvalue weighted by molar-refractivity contribution is 0.0751. The van der Waals surface area contributed by atoms with E-state index in [1.807, 2.05) is 36.3 Å². The summed E-state index contributed by atoms with van der Waals surface area (Å²) in [5.41, 5.74) is 1.14. The lowest BCUT2D eigenvalue weighted by Gasteiger charge is -2.35. The van der Waals surface area contributed by atoms with Gasteiger partial charge in [0.15, 0.2) is 0 Å². The zero-order valence-electron chi connectivity index (χ0n) is 13.6. The number of nitrogens with zero attached hydrogens (tertiary/aromatic N) is 4. The average molecular weight is 332 g/mol. The smallest absolute Gasteiger partial charge is 0.264 e. The number of anilines is 1. The summed E-state index contributed by atoms with van der Waals surface area (Å²) in [6, 6.07) is 3.80. The fourth-order valence-corrected chi connectivity index (χ4v) is 3.49. The highest BCUT2D eigenvalue weighted by Gasteiger charge is 2.24. The number of ether oxygens (including phenoxy) is 1. The molecule has 1 saturated heterocycles. The van der Waals surface area contributed by atoms with Gasteiger partial charge in [0.25, 0.3) is 5.91 Å². The van der Waals surface area contributed by atoms with E-state index in [2.05, 4.69) is 14.9 Å². The Morgan fingerprint density at radius 1 is 1.17 bits per heavy atom. The molecule has 1 fully saturated rings. The van der Waals surface area contributed by atoms with E-state index in [4.69, 9.17) is 4.74 Å². The minimum absolute atomic E-state index is 0.124. The summed E-state index contributed by atoms with van der Waals surface area (Å²) >= 11 is 1.51. The maximum absolute atomic E-state index is 12.5. The summed E-state index contributed by atoms with van der Waals surface area (Å²) in [6.45, 7) is 6.77. The van der Waals surface area contributed by atoms with Gasteiger partial charge in [0, 0.05) is 32.2 Å². The highest BCUT2D eigenvalue weighted by atomic mass is 32.1. The number of piperazine rings is 1. The van der Waals surface area contributed by atoms with Gasteiger partial charge in [0.05, 0.1) is 12.0 Å². The SMILES string of the molecule is COc1cc(N2CCN(C(=O)c3cc(C)cs3)CC2)nc(C)n1. The van der Waals surface area contributed by atoms with Crippen LogP contribution in [0.4, 0.5) is 5.82 Å². The molecule has 0 bridgehead atoms. The fourth-order valence-electron chi connectivity index (χ4n) is 2.63.